The van der Waals surface area contributed by atoms with Crippen molar-refractivity contribution in [3.63, 3.8) is 0 Å². The van der Waals surface area contributed by atoms with Gasteiger partial charge in [-0.2, -0.15) is 0 Å². The smallest absolute Gasteiger partial charge is 0.123 e. The molecule has 1 aromatic carbocycles. The van der Waals surface area contributed by atoms with Crippen LogP contribution in [0, 0.1) is 0 Å². The molecule has 1 unspecified atom stereocenters. The minimum atomic E-state index is 0.136. The number of para-hydroxylation sites is 1. The van der Waals surface area contributed by atoms with E-state index in [2.05, 4.69) is 51.2 Å². The molecule has 2 nitrogen and oxygen atoms in total. The van der Waals surface area contributed by atoms with Gasteiger partial charge in [-0.15, -0.1) is 0 Å². The zero-order valence-electron chi connectivity index (χ0n) is 13.1. The van der Waals surface area contributed by atoms with Crippen LogP contribution in [0.1, 0.15) is 52.5 Å². The zero-order chi connectivity index (χ0) is 14.3. The summed E-state index contributed by atoms with van der Waals surface area (Å²) < 4.78 is 5.96. The highest BCUT2D eigenvalue weighted by molar-refractivity contribution is 5.38. The van der Waals surface area contributed by atoms with Crippen molar-refractivity contribution in [2.45, 2.75) is 58.4 Å². The van der Waals surface area contributed by atoms with Gasteiger partial charge < -0.3 is 10.1 Å². The fourth-order valence-corrected chi connectivity index (χ4v) is 2.09. The van der Waals surface area contributed by atoms with Crippen LogP contribution >= 0.6 is 0 Å². The Morgan fingerprint density at radius 3 is 2.47 bits per heavy atom. The molecule has 0 aromatic heterocycles. The lowest BCUT2D eigenvalue weighted by Gasteiger charge is -2.22. The second kappa shape index (κ2) is 7.54. The molecule has 108 valence electrons. The van der Waals surface area contributed by atoms with Gasteiger partial charge in [0.15, 0.2) is 0 Å². The predicted molar refractivity (Wildman–Crippen MR) is 83.0 cm³/mol. The first-order valence-corrected chi connectivity index (χ1v) is 7.34. The molecular formula is C17H29NO. The van der Waals surface area contributed by atoms with E-state index in [0.717, 1.165) is 18.8 Å². The highest BCUT2D eigenvalue weighted by Gasteiger charge is 2.18. The van der Waals surface area contributed by atoms with E-state index in [-0.39, 0.29) is 5.41 Å². The zero-order valence-corrected chi connectivity index (χ0v) is 13.1. The third-order valence-corrected chi connectivity index (χ3v) is 3.48. The first kappa shape index (κ1) is 16.0. The molecule has 2 heteroatoms. The fraction of sp³-hybridized carbons (Fsp3) is 0.647. The molecule has 0 bridgehead atoms. The van der Waals surface area contributed by atoms with Gasteiger partial charge in [0.25, 0.3) is 0 Å². The molecule has 0 aliphatic rings. The molecule has 0 aliphatic carbocycles. The molecular weight excluding hydrogens is 234 g/mol. The van der Waals surface area contributed by atoms with Crippen molar-refractivity contribution in [3.05, 3.63) is 29.8 Å². The van der Waals surface area contributed by atoms with E-state index in [9.17, 15) is 0 Å². The van der Waals surface area contributed by atoms with Gasteiger partial charge in [-0.05, 0) is 50.3 Å². The summed E-state index contributed by atoms with van der Waals surface area (Å²) >= 11 is 0. The molecule has 0 heterocycles. The molecule has 1 rings (SSSR count). The maximum Gasteiger partial charge on any atom is 0.123 e. The Hall–Kier alpha value is -1.02. The molecule has 19 heavy (non-hydrogen) atoms. The average Bonchev–Trinajstić information content (AvgIpc) is 2.37. The maximum atomic E-state index is 5.96. The third kappa shape index (κ3) is 5.65. The summed E-state index contributed by atoms with van der Waals surface area (Å²) in [6.07, 6.45) is 3.53. The SMILES string of the molecule is CNC(C)CCCCOc1ccccc1C(C)(C)C. The van der Waals surface area contributed by atoms with Crippen LogP contribution in [0.4, 0.5) is 0 Å². The molecule has 1 aromatic rings. The number of ether oxygens (including phenoxy) is 1. The number of hydrogen-bond acceptors (Lipinski definition) is 2. The summed E-state index contributed by atoms with van der Waals surface area (Å²) in [5.41, 5.74) is 1.43. The van der Waals surface area contributed by atoms with E-state index in [1.165, 1.54) is 18.4 Å². The summed E-state index contributed by atoms with van der Waals surface area (Å²) in [5, 5.41) is 3.26. The Morgan fingerprint density at radius 1 is 1.16 bits per heavy atom. The predicted octanol–water partition coefficient (Wildman–Crippen LogP) is 4.14. The van der Waals surface area contributed by atoms with Gasteiger partial charge in [-0.25, -0.2) is 0 Å². The highest BCUT2D eigenvalue weighted by atomic mass is 16.5. The van der Waals surface area contributed by atoms with Crippen molar-refractivity contribution in [1.82, 2.24) is 5.32 Å². The van der Waals surface area contributed by atoms with E-state index in [1.54, 1.807) is 0 Å². The number of benzene rings is 1. The van der Waals surface area contributed by atoms with Crippen molar-refractivity contribution in [1.29, 1.82) is 0 Å². The van der Waals surface area contributed by atoms with Gasteiger partial charge in [0, 0.05) is 6.04 Å². The monoisotopic (exact) mass is 263 g/mol. The molecule has 0 spiro atoms. The van der Waals surface area contributed by atoms with Crippen molar-refractivity contribution < 1.29 is 4.74 Å². The molecule has 0 amide bonds. The summed E-state index contributed by atoms with van der Waals surface area (Å²) in [6.45, 7) is 9.71. The van der Waals surface area contributed by atoms with E-state index in [4.69, 9.17) is 4.74 Å². The molecule has 0 radical (unpaired) electrons. The van der Waals surface area contributed by atoms with E-state index in [1.807, 2.05) is 13.1 Å². The number of unbranched alkanes of at least 4 members (excludes halogenated alkanes) is 1. The Bertz CT molecular complexity index is 368. The second-order valence-corrected chi connectivity index (χ2v) is 6.28. The van der Waals surface area contributed by atoms with E-state index >= 15 is 0 Å². The van der Waals surface area contributed by atoms with Crippen molar-refractivity contribution >= 4 is 0 Å². The Balaban J connectivity index is 2.42. The molecule has 1 atom stereocenters. The van der Waals surface area contributed by atoms with Crippen LogP contribution in [-0.2, 0) is 5.41 Å². The fourth-order valence-electron chi connectivity index (χ4n) is 2.09. The van der Waals surface area contributed by atoms with Crippen molar-refractivity contribution in [3.8, 4) is 5.75 Å². The number of rotatable bonds is 7. The summed E-state index contributed by atoms with van der Waals surface area (Å²) in [5.74, 6) is 1.04. The summed E-state index contributed by atoms with van der Waals surface area (Å²) in [6, 6.07) is 8.98. The summed E-state index contributed by atoms with van der Waals surface area (Å²) in [7, 11) is 2.01. The van der Waals surface area contributed by atoms with Crippen LogP contribution in [0.5, 0.6) is 5.75 Å². The number of hydrogen-bond donors (Lipinski definition) is 1. The van der Waals surface area contributed by atoms with Crippen LogP contribution in [0.3, 0.4) is 0 Å². The third-order valence-electron chi connectivity index (χ3n) is 3.48. The van der Waals surface area contributed by atoms with Gasteiger partial charge in [0.2, 0.25) is 0 Å². The summed E-state index contributed by atoms with van der Waals surface area (Å²) in [4.78, 5) is 0. The second-order valence-electron chi connectivity index (χ2n) is 6.28. The van der Waals surface area contributed by atoms with Gasteiger partial charge in [0.1, 0.15) is 5.75 Å². The Labute approximate surface area is 118 Å². The number of nitrogens with one attached hydrogen (secondary N) is 1. The van der Waals surface area contributed by atoms with E-state index in [0.29, 0.717) is 6.04 Å². The first-order chi connectivity index (χ1) is 8.95. The lowest BCUT2D eigenvalue weighted by molar-refractivity contribution is 0.295. The highest BCUT2D eigenvalue weighted by Crippen LogP contribution is 2.30. The standard InChI is InChI=1S/C17H29NO/c1-14(18-5)10-8-9-13-19-16-12-7-6-11-15(16)17(2,3)4/h6-7,11-12,14,18H,8-10,13H2,1-5H3. The van der Waals surface area contributed by atoms with Crippen LogP contribution in [0.2, 0.25) is 0 Å². The molecule has 0 aliphatic heterocycles. The van der Waals surface area contributed by atoms with Crippen LogP contribution in [0.25, 0.3) is 0 Å². The van der Waals surface area contributed by atoms with Gasteiger partial charge >= 0.3 is 0 Å². The first-order valence-electron chi connectivity index (χ1n) is 7.34. The van der Waals surface area contributed by atoms with Gasteiger partial charge in [-0.1, -0.05) is 39.0 Å². The Morgan fingerprint density at radius 2 is 1.84 bits per heavy atom. The van der Waals surface area contributed by atoms with Gasteiger partial charge in [-0.3, -0.25) is 0 Å². The quantitative estimate of drug-likeness (QED) is 0.746. The lowest BCUT2D eigenvalue weighted by atomic mass is 9.86. The average molecular weight is 263 g/mol. The van der Waals surface area contributed by atoms with Crippen molar-refractivity contribution in [2.75, 3.05) is 13.7 Å². The molecule has 1 N–H and O–H groups in total. The van der Waals surface area contributed by atoms with Crippen LogP contribution in [-0.4, -0.2) is 19.7 Å². The topological polar surface area (TPSA) is 21.3 Å². The van der Waals surface area contributed by atoms with Gasteiger partial charge in [0.05, 0.1) is 6.61 Å². The van der Waals surface area contributed by atoms with Crippen LogP contribution in [0.15, 0.2) is 24.3 Å². The lowest BCUT2D eigenvalue weighted by Crippen LogP contribution is -2.20. The Kier molecular flexibility index (Phi) is 6.36. The molecule has 0 saturated carbocycles. The van der Waals surface area contributed by atoms with E-state index < -0.39 is 0 Å². The van der Waals surface area contributed by atoms with Crippen molar-refractivity contribution in [2.24, 2.45) is 0 Å². The molecule has 0 saturated heterocycles. The maximum absolute atomic E-state index is 5.96. The minimum Gasteiger partial charge on any atom is -0.493 e. The molecule has 0 fully saturated rings. The minimum absolute atomic E-state index is 0.136. The normalized spacial score (nSPS) is 13.3. The van der Waals surface area contributed by atoms with Crippen LogP contribution < -0.4 is 10.1 Å². The largest absolute Gasteiger partial charge is 0.493 e.